The van der Waals surface area contributed by atoms with Crippen molar-refractivity contribution in [2.24, 2.45) is 5.73 Å². The first-order chi connectivity index (χ1) is 11.0. The van der Waals surface area contributed by atoms with Crippen molar-refractivity contribution in [1.82, 2.24) is 9.78 Å². The topological polar surface area (TPSA) is 101 Å². The Morgan fingerprint density at radius 3 is 2.39 bits per heavy atom. The van der Waals surface area contributed by atoms with Gasteiger partial charge in [0.2, 0.25) is 0 Å². The number of benzene rings is 2. The number of rotatable bonds is 3. The van der Waals surface area contributed by atoms with Crippen LogP contribution in [0.4, 0.5) is 0 Å². The van der Waals surface area contributed by atoms with Crippen molar-refractivity contribution in [2.45, 2.75) is 0 Å². The van der Waals surface area contributed by atoms with Crippen LogP contribution in [-0.2, 0) is 0 Å². The molecule has 0 bridgehead atoms. The number of phenolic OH excluding ortho intramolecular Hbond substituents is 2. The van der Waals surface area contributed by atoms with Gasteiger partial charge in [-0.3, -0.25) is 4.79 Å². The molecule has 0 aliphatic heterocycles. The van der Waals surface area contributed by atoms with Crippen LogP contribution in [0.1, 0.15) is 10.5 Å². The van der Waals surface area contributed by atoms with Crippen LogP contribution in [0.3, 0.4) is 0 Å². The number of phenols is 2. The fourth-order valence-electron chi connectivity index (χ4n) is 2.20. The molecule has 0 spiro atoms. The van der Waals surface area contributed by atoms with Crippen molar-refractivity contribution in [3.05, 3.63) is 59.2 Å². The summed E-state index contributed by atoms with van der Waals surface area (Å²) in [5, 5.41) is 24.2. The van der Waals surface area contributed by atoms with Gasteiger partial charge in [-0.1, -0.05) is 11.6 Å². The minimum Gasteiger partial charge on any atom is -0.508 e. The van der Waals surface area contributed by atoms with Gasteiger partial charge in [0.25, 0.3) is 5.91 Å². The van der Waals surface area contributed by atoms with Gasteiger partial charge in [-0.05, 0) is 42.5 Å². The second-order valence-corrected chi connectivity index (χ2v) is 5.31. The van der Waals surface area contributed by atoms with Crippen molar-refractivity contribution in [1.29, 1.82) is 0 Å². The van der Waals surface area contributed by atoms with E-state index < -0.39 is 5.91 Å². The van der Waals surface area contributed by atoms with Gasteiger partial charge in [-0.25, -0.2) is 4.68 Å². The minimum atomic E-state index is -0.656. The molecule has 1 aromatic heterocycles. The van der Waals surface area contributed by atoms with E-state index in [1.807, 2.05) is 0 Å². The molecule has 0 unspecified atom stereocenters. The molecule has 1 amide bonds. The number of primary amides is 1. The van der Waals surface area contributed by atoms with E-state index in [0.717, 1.165) is 0 Å². The molecule has 116 valence electrons. The maximum atomic E-state index is 11.7. The van der Waals surface area contributed by atoms with Crippen molar-refractivity contribution < 1.29 is 15.0 Å². The van der Waals surface area contributed by atoms with Gasteiger partial charge in [0, 0.05) is 16.7 Å². The van der Waals surface area contributed by atoms with Gasteiger partial charge < -0.3 is 15.9 Å². The number of nitrogens with zero attached hydrogens (tertiary/aromatic N) is 2. The van der Waals surface area contributed by atoms with E-state index in [2.05, 4.69) is 5.10 Å². The van der Waals surface area contributed by atoms with Gasteiger partial charge in [0.05, 0.1) is 11.4 Å². The zero-order valence-electron chi connectivity index (χ0n) is 11.8. The van der Waals surface area contributed by atoms with E-state index in [-0.39, 0.29) is 17.2 Å². The summed E-state index contributed by atoms with van der Waals surface area (Å²) in [7, 11) is 0. The number of hydrogen-bond donors (Lipinski definition) is 3. The number of nitrogens with two attached hydrogens (primary N) is 1. The lowest BCUT2D eigenvalue weighted by atomic mass is 10.1. The molecule has 0 radical (unpaired) electrons. The number of aromatic nitrogens is 2. The monoisotopic (exact) mass is 329 g/mol. The molecular formula is C16H12ClN3O3. The Balaban J connectivity index is 2.16. The van der Waals surface area contributed by atoms with Crippen molar-refractivity contribution >= 4 is 17.5 Å². The second-order valence-electron chi connectivity index (χ2n) is 4.87. The Kier molecular flexibility index (Phi) is 3.67. The first-order valence-corrected chi connectivity index (χ1v) is 7.01. The SMILES string of the molecule is NC(=O)c1cc(-c2ccc(O)cc2O)nn1-c1ccc(Cl)cc1. The molecule has 0 saturated carbocycles. The van der Waals surface area contributed by atoms with Crippen LogP contribution >= 0.6 is 11.6 Å². The maximum Gasteiger partial charge on any atom is 0.267 e. The summed E-state index contributed by atoms with van der Waals surface area (Å²) in [5.74, 6) is -0.878. The highest BCUT2D eigenvalue weighted by atomic mass is 35.5. The van der Waals surface area contributed by atoms with Crippen LogP contribution in [0.15, 0.2) is 48.5 Å². The van der Waals surface area contributed by atoms with E-state index in [9.17, 15) is 15.0 Å². The summed E-state index contributed by atoms with van der Waals surface area (Å²) in [6.07, 6.45) is 0. The van der Waals surface area contributed by atoms with Gasteiger partial charge >= 0.3 is 0 Å². The molecule has 2 aromatic carbocycles. The molecular weight excluding hydrogens is 318 g/mol. The van der Waals surface area contributed by atoms with E-state index in [1.165, 1.54) is 28.9 Å². The van der Waals surface area contributed by atoms with Crippen LogP contribution in [0.2, 0.25) is 5.02 Å². The number of halogens is 1. The molecule has 3 rings (SSSR count). The molecule has 0 aliphatic carbocycles. The van der Waals surface area contributed by atoms with Crippen LogP contribution in [0.5, 0.6) is 11.5 Å². The highest BCUT2D eigenvalue weighted by molar-refractivity contribution is 6.30. The fraction of sp³-hybridized carbons (Fsp3) is 0. The Morgan fingerprint density at radius 1 is 1.09 bits per heavy atom. The van der Waals surface area contributed by atoms with Crippen molar-refractivity contribution in [3.63, 3.8) is 0 Å². The molecule has 0 saturated heterocycles. The van der Waals surface area contributed by atoms with Gasteiger partial charge in [0.1, 0.15) is 17.2 Å². The summed E-state index contributed by atoms with van der Waals surface area (Å²) in [5.41, 5.74) is 6.90. The lowest BCUT2D eigenvalue weighted by Crippen LogP contribution is -2.16. The van der Waals surface area contributed by atoms with Crippen molar-refractivity contribution in [3.8, 4) is 28.4 Å². The summed E-state index contributed by atoms with van der Waals surface area (Å²) >= 11 is 5.86. The quantitative estimate of drug-likeness (QED) is 0.687. The van der Waals surface area contributed by atoms with Crippen LogP contribution < -0.4 is 5.73 Å². The number of carbonyl (C=O) groups excluding carboxylic acids is 1. The molecule has 4 N–H and O–H groups in total. The smallest absolute Gasteiger partial charge is 0.267 e. The van der Waals surface area contributed by atoms with E-state index in [4.69, 9.17) is 17.3 Å². The summed E-state index contributed by atoms with van der Waals surface area (Å²) in [6, 6.07) is 12.3. The largest absolute Gasteiger partial charge is 0.508 e. The minimum absolute atomic E-state index is 0.0708. The summed E-state index contributed by atoms with van der Waals surface area (Å²) in [4.78, 5) is 11.7. The maximum absolute atomic E-state index is 11.7. The van der Waals surface area contributed by atoms with Crippen LogP contribution in [-0.4, -0.2) is 25.9 Å². The molecule has 0 atom stereocenters. The second kappa shape index (κ2) is 5.66. The number of carbonyl (C=O) groups is 1. The Hall–Kier alpha value is -2.99. The molecule has 23 heavy (non-hydrogen) atoms. The zero-order chi connectivity index (χ0) is 16.6. The molecule has 0 aliphatic rings. The fourth-order valence-corrected chi connectivity index (χ4v) is 2.33. The number of amides is 1. The Morgan fingerprint density at radius 2 is 1.78 bits per heavy atom. The predicted molar refractivity (Wildman–Crippen MR) is 85.9 cm³/mol. The van der Waals surface area contributed by atoms with E-state index in [0.29, 0.717) is 22.0 Å². The highest BCUT2D eigenvalue weighted by Crippen LogP contribution is 2.32. The lowest BCUT2D eigenvalue weighted by molar-refractivity contribution is 0.0993. The first-order valence-electron chi connectivity index (χ1n) is 6.64. The van der Waals surface area contributed by atoms with Gasteiger partial charge in [-0.15, -0.1) is 0 Å². The summed E-state index contributed by atoms with van der Waals surface area (Å²) in [6.45, 7) is 0. The molecule has 1 heterocycles. The average Bonchev–Trinajstić information content (AvgIpc) is 2.93. The molecule has 7 heteroatoms. The molecule has 3 aromatic rings. The normalized spacial score (nSPS) is 10.7. The van der Waals surface area contributed by atoms with E-state index >= 15 is 0 Å². The third kappa shape index (κ3) is 2.84. The third-order valence-corrected chi connectivity index (χ3v) is 3.54. The third-order valence-electron chi connectivity index (χ3n) is 3.29. The number of hydrogen-bond acceptors (Lipinski definition) is 4. The standard InChI is InChI=1S/C16H12ClN3O3/c17-9-1-3-10(4-2-9)20-14(16(18)23)8-13(19-20)12-6-5-11(21)7-15(12)22/h1-8,21-22H,(H2,18,23). The van der Waals surface area contributed by atoms with Crippen LogP contribution in [0.25, 0.3) is 16.9 Å². The molecule has 6 nitrogen and oxygen atoms in total. The Labute approximate surface area is 136 Å². The van der Waals surface area contributed by atoms with Crippen LogP contribution in [0, 0.1) is 0 Å². The average molecular weight is 330 g/mol. The Bertz CT molecular complexity index is 888. The predicted octanol–water partition coefficient (Wildman–Crippen LogP) is 2.70. The first kappa shape index (κ1) is 14.9. The molecule has 0 fully saturated rings. The number of aromatic hydroxyl groups is 2. The van der Waals surface area contributed by atoms with Gasteiger partial charge in [0.15, 0.2) is 0 Å². The lowest BCUT2D eigenvalue weighted by Gasteiger charge is -2.05. The van der Waals surface area contributed by atoms with Crippen molar-refractivity contribution in [2.75, 3.05) is 0 Å². The summed E-state index contributed by atoms with van der Waals surface area (Å²) < 4.78 is 1.38. The zero-order valence-corrected chi connectivity index (χ0v) is 12.5. The highest BCUT2D eigenvalue weighted by Gasteiger charge is 2.17. The van der Waals surface area contributed by atoms with E-state index in [1.54, 1.807) is 24.3 Å². The van der Waals surface area contributed by atoms with Gasteiger partial charge in [-0.2, -0.15) is 5.10 Å².